The van der Waals surface area contributed by atoms with Crippen LogP contribution in [-0.2, 0) is 9.53 Å². The van der Waals surface area contributed by atoms with Gasteiger partial charge in [-0.25, -0.2) is 4.79 Å². The molecule has 1 N–H and O–H groups in total. The summed E-state index contributed by atoms with van der Waals surface area (Å²) in [4.78, 5) is 11.6. The first kappa shape index (κ1) is 12.0. The summed E-state index contributed by atoms with van der Waals surface area (Å²) in [7, 11) is 0. The first-order valence-corrected chi connectivity index (χ1v) is 6.70. The Bertz CT molecular complexity index is 462. The van der Waals surface area contributed by atoms with Gasteiger partial charge in [0.05, 0.1) is 6.10 Å². The van der Waals surface area contributed by atoms with E-state index in [-0.39, 0.29) is 29.5 Å². The van der Waals surface area contributed by atoms with E-state index in [9.17, 15) is 9.90 Å². The van der Waals surface area contributed by atoms with Crippen molar-refractivity contribution in [1.82, 2.24) is 0 Å². The minimum Gasteiger partial charge on any atom is -0.454 e. The van der Waals surface area contributed by atoms with Gasteiger partial charge in [0.15, 0.2) is 0 Å². The van der Waals surface area contributed by atoms with Crippen molar-refractivity contribution in [1.29, 1.82) is 0 Å². The fraction of sp³-hybridized carbons (Fsp3) is 0.667. The van der Waals surface area contributed by atoms with Crippen molar-refractivity contribution in [2.45, 2.75) is 45.8 Å². The Labute approximate surface area is 108 Å². The minimum atomic E-state index is -0.362. The molecule has 0 bridgehead atoms. The highest BCUT2D eigenvalue weighted by Crippen LogP contribution is 2.53. The number of aliphatic hydroxyl groups excluding tert-OH is 1. The topological polar surface area (TPSA) is 46.5 Å². The standard InChI is InChI=1S/C15H20O3/c1-8-10-6-11-9(2)12(16)4-5-15(11,3)7-13(10)18-14(8)17/h4-5,9,11-13,16H,6-7H2,1-3H3/t9-,11-,12-,13-,15+/m0/s1. The second-order valence-corrected chi connectivity index (χ2v) is 6.27. The van der Waals surface area contributed by atoms with Gasteiger partial charge in [-0.05, 0) is 42.6 Å². The van der Waals surface area contributed by atoms with Crippen molar-refractivity contribution < 1.29 is 14.6 Å². The minimum absolute atomic E-state index is 0.0363. The van der Waals surface area contributed by atoms with Gasteiger partial charge in [0.2, 0.25) is 0 Å². The molecule has 98 valence electrons. The zero-order valence-corrected chi connectivity index (χ0v) is 11.1. The molecule has 1 saturated carbocycles. The van der Waals surface area contributed by atoms with E-state index in [4.69, 9.17) is 4.74 Å². The Balaban J connectivity index is 1.99. The number of hydrogen-bond donors (Lipinski definition) is 1. The van der Waals surface area contributed by atoms with Crippen LogP contribution in [0.25, 0.3) is 0 Å². The SMILES string of the molecule is CC1=C2C[C@H]3[C@H](C)[C@@H](O)C=C[C@]3(C)C[C@@H]2OC1=O. The van der Waals surface area contributed by atoms with Gasteiger partial charge in [0, 0.05) is 5.57 Å². The van der Waals surface area contributed by atoms with Gasteiger partial charge in [-0.3, -0.25) is 0 Å². The van der Waals surface area contributed by atoms with Crippen molar-refractivity contribution in [2.24, 2.45) is 17.3 Å². The molecule has 3 heteroatoms. The number of aliphatic hydroxyl groups is 1. The van der Waals surface area contributed by atoms with E-state index >= 15 is 0 Å². The van der Waals surface area contributed by atoms with Gasteiger partial charge in [-0.1, -0.05) is 26.0 Å². The summed E-state index contributed by atoms with van der Waals surface area (Å²) >= 11 is 0. The largest absolute Gasteiger partial charge is 0.454 e. The lowest BCUT2D eigenvalue weighted by molar-refractivity contribution is -0.141. The third-order valence-electron chi connectivity index (χ3n) is 5.19. The summed E-state index contributed by atoms with van der Waals surface area (Å²) < 4.78 is 5.44. The maximum atomic E-state index is 11.6. The summed E-state index contributed by atoms with van der Waals surface area (Å²) in [5.41, 5.74) is 1.99. The zero-order valence-electron chi connectivity index (χ0n) is 11.1. The molecule has 0 aromatic heterocycles. The van der Waals surface area contributed by atoms with E-state index in [2.05, 4.69) is 19.9 Å². The molecule has 2 aliphatic carbocycles. The molecule has 5 atom stereocenters. The number of hydrogen-bond acceptors (Lipinski definition) is 3. The highest BCUT2D eigenvalue weighted by molar-refractivity contribution is 5.91. The summed E-state index contributed by atoms with van der Waals surface area (Å²) in [6.45, 7) is 6.18. The Morgan fingerprint density at radius 3 is 2.94 bits per heavy atom. The van der Waals surface area contributed by atoms with Gasteiger partial charge >= 0.3 is 5.97 Å². The van der Waals surface area contributed by atoms with E-state index in [1.54, 1.807) is 0 Å². The summed E-state index contributed by atoms with van der Waals surface area (Å²) in [5, 5.41) is 9.99. The number of esters is 1. The van der Waals surface area contributed by atoms with Crippen molar-refractivity contribution in [2.75, 3.05) is 0 Å². The number of allylic oxidation sites excluding steroid dienone is 1. The van der Waals surface area contributed by atoms with Crippen LogP contribution in [-0.4, -0.2) is 23.3 Å². The van der Waals surface area contributed by atoms with E-state index in [0.717, 1.165) is 24.0 Å². The van der Waals surface area contributed by atoms with Gasteiger partial charge in [-0.2, -0.15) is 0 Å². The van der Waals surface area contributed by atoms with Crippen LogP contribution in [0, 0.1) is 17.3 Å². The van der Waals surface area contributed by atoms with Crippen LogP contribution in [0.1, 0.15) is 33.6 Å². The predicted octanol–water partition coefficient (Wildman–Crippen LogP) is 2.21. The first-order chi connectivity index (χ1) is 8.42. The Kier molecular flexibility index (Phi) is 2.46. The number of rotatable bonds is 0. The molecule has 3 aliphatic rings. The van der Waals surface area contributed by atoms with Crippen molar-refractivity contribution in [3.05, 3.63) is 23.3 Å². The van der Waals surface area contributed by atoms with Gasteiger partial charge in [0.25, 0.3) is 0 Å². The molecule has 0 radical (unpaired) electrons. The van der Waals surface area contributed by atoms with Crippen LogP contribution in [0.2, 0.25) is 0 Å². The van der Waals surface area contributed by atoms with Crippen LogP contribution in [0.4, 0.5) is 0 Å². The van der Waals surface area contributed by atoms with Crippen LogP contribution in [0.5, 0.6) is 0 Å². The van der Waals surface area contributed by atoms with Crippen LogP contribution in [0.15, 0.2) is 23.3 Å². The second kappa shape index (κ2) is 3.70. The Hall–Kier alpha value is -1.09. The monoisotopic (exact) mass is 248 g/mol. The van der Waals surface area contributed by atoms with E-state index in [1.165, 1.54) is 0 Å². The fourth-order valence-electron chi connectivity index (χ4n) is 3.84. The van der Waals surface area contributed by atoms with Gasteiger partial charge in [0.1, 0.15) is 6.10 Å². The molecule has 1 fully saturated rings. The van der Waals surface area contributed by atoms with Gasteiger partial charge in [-0.15, -0.1) is 0 Å². The molecule has 18 heavy (non-hydrogen) atoms. The maximum absolute atomic E-state index is 11.6. The number of fused-ring (bicyclic) bond motifs is 2. The normalized spacial score (nSPS) is 46.8. The first-order valence-electron chi connectivity index (χ1n) is 6.70. The molecular weight excluding hydrogens is 228 g/mol. The molecule has 0 amide bonds. The molecule has 0 spiro atoms. The molecule has 0 unspecified atom stereocenters. The molecule has 0 aromatic rings. The van der Waals surface area contributed by atoms with E-state index in [1.807, 2.05) is 13.0 Å². The number of carbonyl (C=O) groups excluding carboxylic acids is 1. The molecule has 3 nitrogen and oxygen atoms in total. The van der Waals surface area contributed by atoms with Crippen LogP contribution in [0.3, 0.4) is 0 Å². The van der Waals surface area contributed by atoms with Crippen molar-refractivity contribution in [3.8, 4) is 0 Å². The molecule has 1 heterocycles. The summed E-state index contributed by atoms with van der Waals surface area (Å²) in [6.07, 6.45) is 5.36. The van der Waals surface area contributed by atoms with Crippen molar-refractivity contribution in [3.63, 3.8) is 0 Å². The van der Waals surface area contributed by atoms with Crippen LogP contribution < -0.4 is 0 Å². The average molecular weight is 248 g/mol. The second-order valence-electron chi connectivity index (χ2n) is 6.27. The van der Waals surface area contributed by atoms with Gasteiger partial charge < -0.3 is 9.84 Å². The predicted molar refractivity (Wildman–Crippen MR) is 67.7 cm³/mol. The smallest absolute Gasteiger partial charge is 0.334 e. The third-order valence-corrected chi connectivity index (χ3v) is 5.19. The lowest BCUT2D eigenvalue weighted by atomic mass is 9.57. The Morgan fingerprint density at radius 1 is 1.50 bits per heavy atom. The average Bonchev–Trinajstić information content (AvgIpc) is 2.58. The molecule has 1 aliphatic heterocycles. The lowest BCUT2D eigenvalue weighted by Gasteiger charge is -2.48. The quantitative estimate of drug-likeness (QED) is 0.528. The molecule has 0 aromatic carbocycles. The molecule has 0 saturated heterocycles. The maximum Gasteiger partial charge on any atom is 0.334 e. The molecular formula is C15H20O3. The summed E-state index contributed by atoms with van der Waals surface area (Å²) in [5.74, 6) is 0.472. The van der Waals surface area contributed by atoms with Crippen LogP contribution >= 0.6 is 0 Å². The fourth-order valence-corrected chi connectivity index (χ4v) is 3.84. The highest BCUT2D eigenvalue weighted by Gasteiger charge is 2.50. The highest BCUT2D eigenvalue weighted by atomic mass is 16.5. The summed E-state index contributed by atoms with van der Waals surface area (Å²) in [6, 6.07) is 0. The third kappa shape index (κ3) is 1.50. The van der Waals surface area contributed by atoms with E-state index in [0.29, 0.717) is 5.92 Å². The lowest BCUT2D eigenvalue weighted by Crippen LogP contribution is -2.45. The molecule has 3 rings (SSSR count). The number of carbonyl (C=O) groups is 1. The Morgan fingerprint density at radius 2 is 2.22 bits per heavy atom. The van der Waals surface area contributed by atoms with E-state index < -0.39 is 0 Å². The number of ether oxygens (including phenoxy) is 1. The zero-order chi connectivity index (χ0) is 13.1. The van der Waals surface area contributed by atoms with Crippen molar-refractivity contribution >= 4 is 5.97 Å².